The van der Waals surface area contributed by atoms with Crippen molar-refractivity contribution in [1.29, 1.82) is 5.26 Å². The zero-order chi connectivity index (χ0) is 18.0. The quantitative estimate of drug-likeness (QED) is 0.914. The second-order valence-corrected chi connectivity index (χ2v) is 7.01. The first-order valence-corrected chi connectivity index (χ1v) is 8.73. The van der Waals surface area contributed by atoms with E-state index in [0.29, 0.717) is 24.6 Å². The number of hydrogen-bond donors (Lipinski definition) is 1. The molecule has 0 bridgehead atoms. The Morgan fingerprint density at radius 3 is 2.52 bits per heavy atom. The zero-order valence-electron chi connectivity index (χ0n) is 14.8. The number of rotatable bonds is 3. The lowest BCUT2D eigenvalue weighted by Gasteiger charge is -2.36. The van der Waals surface area contributed by atoms with Crippen molar-refractivity contribution in [3.8, 4) is 6.07 Å². The van der Waals surface area contributed by atoms with Crippen LogP contribution in [0.25, 0.3) is 0 Å². The number of amides is 1. The molecule has 0 unspecified atom stereocenters. The number of nitriles is 1. The summed E-state index contributed by atoms with van der Waals surface area (Å²) in [5.74, 6) is 0.492. The Morgan fingerprint density at radius 1 is 1.24 bits per heavy atom. The molecule has 0 saturated heterocycles. The lowest BCUT2D eigenvalue weighted by atomic mass is 10.1. The van der Waals surface area contributed by atoms with Crippen molar-refractivity contribution in [2.75, 3.05) is 31.2 Å². The van der Waals surface area contributed by atoms with Crippen LogP contribution in [0.5, 0.6) is 0 Å². The van der Waals surface area contributed by atoms with E-state index in [9.17, 15) is 9.90 Å². The van der Waals surface area contributed by atoms with Gasteiger partial charge in [-0.1, -0.05) is 13.8 Å². The average Bonchev–Trinajstić information content (AvgIpc) is 2.78. The van der Waals surface area contributed by atoms with Crippen LogP contribution in [-0.4, -0.2) is 47.3 Å². The third-order valence-electron chi connectivity index (χ3n) is 4.76. The average molecular weight is 340 g/mol. The van der Waals surface area contributed by atoms with Gasteiger partial charge in [0.05, 0.1) is 23.9 Å². The predicted molar refractivity (Wildman–Crippen MR) is 95.9 cm³/mol. The van der Waals surface area contributed by atoms with E-state index in [1.54, 1.807) is 0 Å². The Bertz CT molecular complexity index is 718. The van der Waals surface area contributed by atoms with Gasteiger partial charge in [0.1, 0.15) is 0 Å². The summed E-state index contributed by atoms with van der Waals surface area (Å²) in [5.41, 5.74) is 4.32. The third kappa shape index (κ3) is 3.55. The largest absolute Gasteiger partial charge is 0.465 e. The van der Waals surface area contributed by atoms with E-state index in [1.165, 1.54) is 16.2 Å². The molecule has 3 rings (SSSR count). The van der Waals surface area contributed by atoms with Crippen molar-refractivity contribution < 1.29 is 9.90 Å². The molecule has 1 aromatic rings. The van der Waals surface area contributed by atoms with Crippen LogP contribution in [0.1, 0.15) is 32.3 Å². The molecule has 1 N–H and O–H groups in total. The zero-order valence-corrected chi connectivity index (χ0v) is 14.8. The van der Waals surface area contributed by atoms with Gasteiger partial charge < -0.3 is 10.0 Å². The highest BCUT2D eigenvalue weighted by molar-refractivity contribution is 5.65. The fourth-order valence-corrected chi connectivity index (χ4v) is 3.52. The Kier molecular flexibility index (Phi) is 4.84. The van der Waals surface area contributed by atoms with Crippen molar-refractivity contribution >= 4 is 11.8 Å². The summed E-state index contributed by atoms with van der Waals surface area (Å²) < 4.78 is 0. The van der Waals surface area contributed by atoms with Gasteiger partial charge in [-0.25, -0.2) is 4.79 Å². The standard InChI is InChI=1S/C19H24N4O2/c1-14(2)12-23-18-8-10-21(19(24)25)9-7-16(18)13-22(23)17-5-3-15(11-20)4-6-17/h3-6,14H,7-10,12-13H2,1-2H3,(H,24,25). The molecule has 0 aliphatic carbocycles. The molecule has 132 valence electrons. The van der Waals surface area contributed by atoms with Gasteiger partial charge in [0, 0.05) is 31.8 Å². The van der Waals surface area contributed by atoms with E-state index in [1.807, 2.05) is 24.3 Å². The van der Waals surface area contributed by atoms with Crippen LogP contribution in [0.2, 0.25) is 0 Å². The van der Waals surface area contributed by atoms with Crippen molar-refractivity contribution in [2.24, 2.45) is 5.92 Å². The van der Waals surface area contributed by atoms with Gasteiger partial charge in [-0.2, -0.15) is 5.26 Å². The van der Waals surface area contributed by atoms with Crippen molar-refractivity contribution in [3.63, 3.8) is 0 Å². The number of nitrogens with zero attached hydrogens (tertiary/aromatic N) is 4. The highest BCUT2D eigenvalue weighted by Crippen LogP contribution is 2.34. The van der Waals surface area contributed by atoms with Gasteiger partial charge in [0.2, 0.25) is 0 Å². The highest BCUT2D eigenvalue weighted by atomic mass is 16.4. The van der Waals surface area contributed by atoms with Crippen LogP contribution < -0.4 is 5.01 Å². The molecule has 0 spiro atoms. The molecule has 0 atom stereocenters. The fourth-order valence-electron chi connectivity index (χ4n) is 3.52. The van der Waals surface area contributed by atoms with Crippen LogP contribution in [0, 0.1) is 17.2 Å². The number of carbonyl (C=O) groups is 1. The van der Waals surface area contributed by atoms with Crippen molar-refractivity contribution in [1.82, 2.24) is 9.91 Å². The Balaban J connectivity index is 1.85. The Hall–Kier alpha value is -2.68. The van der Waals surface area contributed by atoms with E-state index in [4.69, 9.17) is 5.26 Å². The molecule has 2 aliphatic heterocycles. The first kappa shape index (κ1) is 17.2. The van der Waals surface area contributed by atoms with Gasteiger partial charge in [0.25, 0.3) is 0 Å². The molecular weight excluding hydrogens is 316 g/mol. The highest BCUT2D eigenvalue weighted by Gasteiger charge is 2.33. The SMILES string of the molecule is CC(C)CN1C2=C(CCN(C(=O)O)CC2)CN1c1ccc(C#N)cc1. The van der Waals surface area contributed by atoms with E-state index in [2.05, 4.69) is 29.9 Å². The number of carboxylic acid groups (broad SMARTS) is 1. The normalized spacial score (nSPS) is 17.6. The van der Waals surface area contributed by atoms with E-state index in [0.717, 1.165) is 31.6 Å². The molecular formula is C19H24N4O2. The summed E-state index contributed by atoms with van der Waals surface area (Å²) in [4.78, 5) is 12.8. The first-order valence-electron chi connectivity index (χ1n) is 8.73. The smallest absolute Gasteiger partial charge is 0.407 e. The number of anilines is 1. The molecule has 6 nitrogen and oxygen atoms in total. The van der Waals surface area contributed by atoms with Crippen LogP contribution in [0.3, 0.4) is 0 Å². The van der Waals surface area contributed by atoms with Gasteiger partial charge in [0.15, 0.2) is 0 Å². The third-order valence-corrected chi connectivity index (χ3v) is 4.76. The second kappa shape index (κ2) is 7.06. The maximum atomic E-state index is 11.3. The van der Waals surface area contributed by atoms with E-state index in [-0.39, 0.29) is 0 Å². The molecule has 1 amide bonds. The number of hydrogen-bond acceptors (Lipinski definition) is 4. The van der Waals surface area contributed by atoms with E-state index >= 15 is 0 Å². The van der Waals surface area contributed by atoms with Crippen molar-refractivity contribution in [3.05, 3.63) is 41.1 Å². The summed E-state index contributed by atoms with van der Waals surface area (Å²) >= 11 is 0. The van der Waals surface area contributed by atoms with Crippen molar-refractivity contribution in [2.45, 2.75) is 26.7 Å². The minimum atomic E-state index is -0.833. The summed E-state index contributed by atoms with van der Waals surface area (Å²) in [6, 6.07) is 9.83. The molecule has 25 heavy (non-hydrogen) atoms. The Labute approximate surface area is 148 Å². The number of benzene rings is 1. The minimum Gasteiger partial charge on any atom is -0.465 e. The van der Waals surface area contributed by atoms with Gasteiger partial charge in [-0.15, -0.1) is 0 Å². The monoisotopic (exact) mass is 340 g/mol. The summed E-state index contributed by atoms with van der Waals surface area (Å²) in [6.45, 7) is 7.17. The summed E-state index contributed by atoms with van der Waals surface area (Å²) in [5, 5.41) is 22.9. The lowest BCUT2D eigenvalue weighted by molar-refractivity contribution is 0.146. The van der Waals surface area contributed by atoms with E-state index < -0.39 is 6.09 Å². The maximum absolute atomic E-state index is 11.3. The molecule has 6 heteroatoms. The predicted octanol–water partition coefficient (Wildman–Crippen LogP) is 3.28. The van der Waals surface area contributed by atoms with Crippen LogP contribution in [-0.2, 0) is 0 Å². The van der Waals surface area contributed by atoms with Gasteiger partial charge in [-0.3, -0.25) is 10.0 Å². The molecule has 0 radical (unpaired) electrons. The number of hydrazine groups is 1. The molecule has 0 fully saturated rings. The summed E-state index contributed by atoms with van der Waals surface area (Å²) in [6.07, 6.45) is 0.699. The molecule has 2 aliphatic rings. The molecule has 2 heterocycles. The first-order chi connectivity index (χ1) is 12.0. The molecule has 1 aromatic carbocycles. The fraction of sp³-hybridized carbons (Fsp3) is 0.474. The summed E-state index contributed by atoms with van der Waals surface area (Å²) in [7, 11) is 0. The van der Waals surface area contributed by atoms with Gasteiger partial charge in [-0.05, 0) is 42.2 Å². The van der Waals surface area contributed by atoms with Crippen LogP contribution in [0.15, 0.2) is 35.5 Å². The molecule has 0 saturated carbocycles. The van der Waals surface area contributed by atoms with Crippen LogP contribution in [0.4, 0.5) is 10.5 Å². The molecule has 0 aromatic heterocycles. The lowest BCUT2D eigenvalue weighted by Crippen LogP contribution is -2.41. The minimum absolute atomic E-state index is 0.492. The van der Waals surface area contributed by atoms with Crippen LogP contribution >= 0.6 is 0 Å². The second-order valence-electron chi connectivity index (χ2n) is 7.01. The Morgan fingerprint density at radius 2 is 1.92 bits per heavy atom. The van der Waals surface area contributed by atoms with Gasteiger partial charge >= 0.3 is 6.09 Å². The topological polar surface area (TPSA) is 70.8 Å². The maximum Gasteiger partial charge on any atom is 0.407 e.